The molecule has 0 bridgehead atoms. The molecule has 2 heteroatoms. The maximum absolute atomic E-state index is 9.90. The molecule has 0 amide bonds. The first-order chi connectivity index (χ1) is 7.56. The first-order valence-electron chi connectivity index (χ1n) is 5.64. The van der Waals surface area contributed by atoms with Crippen molar-refractivity contribution >= 4 is 5.57 Å². The molecule has 2 nitrogen and oxygen atoms in total. The summed E-state index contributed by atoms with van der Waals surface area (Å²) in [6, 6.07) is 3.90. The van der Waals surface area contributed by atoms with Crippen LogP contribution in [0.5, 0.6) is 5.75 Å². The van der Waals surface area contributed by atoms with Gasteiger partial charge in [0.2, 0.25) is 0 Å². The van der Waals surface area contributed by atoms with E-state index in [-0.39, 0.29) is 0 Å². The Balaban J connectivity index is 2.69. The summed E-state index contributed by atoms with van der Waals surface area (Å²) in [5.74, 6) is 1.30. The molecule has 1 atom stereocenters. The van der Waals surface area contributed by atoms with Gasteiger partial charge in [0.25, 0.3) is 0 Å². The second-order valence-corrected chi connectivity index (χ2v) is 4.59. The van der Waals surface area contributed by atoms with Crippen LogP contribution < -0.4 is 4.74 Å². The fraction of sp³-hybridized carbons (Fsp3) is 0.429. The number of benzene rings is 1. The number of ether oxygens (including phenoxy) is 1. The third kappa shape index (κ3) is 1.54. The highest BCUT2D eigenvalue weighted by Crippen LogP contribution is 2.42. The molecule has 1 aromatic carbocycles. The van der Waals surface area contributed by atoms with Crippen LogP contribution in [0.1, 0.15) is 49.5 Å². The normalized spacial score (nSPS) is 18.6. The van der Waals surface area contributed by atoms with Crippen molar-refractivity contribution in [2.45, 2.75) is 32.8 Å². The van der Waals surface area contributed by atoms with E-state index in [1.807, 2.05) is 25.1 Å². The molecule has 0 aliphatic heterocycles. The SMILES string of the molecule is COc1ccc2c(c1C(C)C)C(C)=CC2O. The van der Waals surface area contributed by atoms with Gasteiger partial charge < -0.3 is 9.84 Å². The molecular formula is C14H18O2. The summed E-state index contributed by atoms with van der Waals surface area (Å²) in [5, 5.41) is 9.90. The van der Waals surface area contributed by atoms with Gasteiger partial charge in [-0.25, -0.2) is 0 Å². The van der Waals surface area contributed by atoms with Crippen LogP contribution in [0.4, 0.5) is 0 Å². The van der Waals surface area contributed by atoms with Crippen molar-refractivity contribution in [3.63, 3.8) is 0 Å². The predicted molar refractivity (Wildman–Crippen MR) is 65.7 cm³/mol. The number of aliphatic hydroxyl groups is 1. The molecule has 1 aliphatic rings. The number of fused-ring (bicyclic) bond motifs is 1. The van der Waals surface area contributed by atoms with Gasteiger partial charge in [-0.2, -0.15) is 0 Å². The van der Waals surface area contributed by atoms with Crippen LogP contribution in [0, 0.1) is 0 Å². The quantitative estimate of drug-likeness (QED) is 0.825. The number of allylic oxidation sites excluding steroid dienone is 1. The first kappa shape index (κ1) is 11.2. The van der Waals surface area contributed by atoms with E-state index in [1.165, 1.54) is 11.1 Å². The maximum Gasteiger partial charge on any atom is 0.122 e. The van der Waals surface area contributed by atoms with E-state index in [0.29, 0.717) is 5.92 Å². The molecule has 1 aliphatic carbocycles. The van der Waals surface area contributed by atoms with E-state index < -0.39 is 6.10 Å². The van der Waals surface area contributed by atoms with Crippen molar-refractivity contribution in [1.82, 2.24) is 0 Å². The highest BCUT2D eigenvalue weighted by Gasteiger charge is 2.25. The van der Waals surface area contributed by atoms with Crippen LogP contribution in [-0.2, 0) is 0 Å². The van der Waals surface area contributed by atoms with E-state index in [9.17, 15) is 5.11 Å². The Morgan fingerprint density at radius 1 is 1.31 bits per heavy atom. The van der Waals surface area contributed by atoms with Crippen molar-refractivity contribution < 1.29 is 9.84 Å². The van der Waals surface area contributed by atoms with Gasteiger partial charge >= 0.3 is 0 Å². The first-order valence-corrected chi connectivity index (χ1v) is 5.64. The Bertz CT molecular complexity index is 444. The second kappa shape index (κ2) is 3.95. The van der Waals surface area contributed by atoms with Crippen molar-refractivity contribution in [1.29, 1.82) is 0 Å². The molecule has 0 spiro atoms. The van der Waals surface area contributed by atoms with Crippen LogP contribution in [0.2, 0.25) is 0 Å². The second-order valence-electron chi connectivity index (χ2n) is 4.59. The van der Waals surface area contributed by atoms with Crippen molar-refractivity contribution in [2.75, 3.05) is 7.11 Å². The van der Waals surface area contributed by atoms with E-state index >= 15 is 0 Å². The fourth-order valence-corrected chi connectivity index (χ4v) is 2.46. The average Bonchev–Trinajstić information content (AvgIpc) is 2.53. The molecule has 86 valence electrons. The lowest BCUT2D eigenvalue weighted by Crippen LogP contribution is -2.01. The zero-order valence-corrected chi connectivity index (χ0v) is 10.2. The molecule has 0 fully saturated rings. The van der Waals surface area contributed by atoms with Crippen LogP contribution in [-0.4, -0.2) is 12.2 Å². The summed E-state index contributed by atoms with van der Waals surface area (Å²) in [7, 11) is 1.69. The summed E-state index contributed by atoms with van der Waals surface area (Å²) in [6.45, 7) is 6.34. The molecule has 1 aromatic rings. The minimum Gasteiger partial charge on any atom is -0.496 e. The Kier molecular flexibility index (Phi) is 2.76. The van der Waals surface area contributed by atoms with Gasteiger partial charge in [-0.15, -0.1) is 0 Å². The van der Waals surface area contributed by atoms with Crippen molar-refractivity contribution in [3.8, 4) is 5.75 Å². The summed E-state index contributed by atoms with van der Waals surface area (Å²) in [6.07, 6.45) is 1.44. The Hall–Kier alpha value is -1.28. The lowest BCUT2D eigenvalue weighted by atomic mass is 9.91. The topological polar surface area (TPSA) is 29.5 Å². The molecule has 0 radical (unpaired) electrons. The largest absolute Gasteiger partial charge is 0.496 e. The number of aliphatic hydroxyl groups excluding tert-OH is 1. The van der Waals surface area contributed by atoms with Crippen LogP contribution >= 0.6 is 0 Å². The Labute approximate surface area is 96.6 Å². The van der Waals surface area contributed by atoms with Gasteiger partial charge in [0.15, 0.2) is 0 Å². The monoisotopic (exact) mass is 218 g/mol. The molecule has 2 rings (SSSR count). The highest BCUT2D eigenvalue weighted by atomic mass is 16.5. The minimum atomic E-state index is -0.460. The van der Waals surface area contributed by atoms with Gasteiger partial charge in [0.05, 0.1) is 13.2 Å². The van der Waals surface area contributed by atoms with Gasteiger partial charge in [-0.3, -0.25) is 0 Å². The third-order valence-electron chi connectivity index (χ3n) is 3.16. The summed E-state index contributed by atoms with van der Waals surface area (Å²) in [5.41, 5.74) is 4.51. The summed E-state index contributed by atoms with van der Waals surface area (Å²) >= 11 is 0. The van der Waals surface area contributed by atoms with E-state index in [0.717, 1.165) is 16.9 Å². The number of methoxy groups -OCH3 is 1. The molecule has 1 unspecified atom stereocenters. The predicted octanol–water partition coefficient (Wildman–Crippen LogP) is 3.27. The van der Waals surface area contributed by atoms with E-state index in [1.54, 1.807) is 7.11 Å². The zero-order chi connectivity index (χ0) is 11.9. The van der Waals surface area contributed by atoms with Gasteiger partial charge in [0, 0.05) is 5.56 Å². The van der Waals surface area contributed by atoms with Crippen LogP contribution in [0.25, 0.3) is 5.57 Å². The Morgan fingerprint density at radius 3 is 2.56 bits per heavy atom. The molecule has 0 saturated heterocycles. The zero-order valence-electron chi connectivity index (χ0n) is 10.2. The number of rotatable bonds is 2. The lowest BCUT2D eigenvalue weighted by Gasteiger charge is -2.18. The number of hydrogen-bond acceptors (Lipinski definition) is 2. The molecule has 0 heterocycles. The highest BCUT2D eigenvalue weighted by molar-refractivity contribution is 5.77. The maximum atomic E-state index is 9.90. The van der Waals surface area contributed by atoms with Crippen molar-refractivity contribution in [2.24, 2.45) is 0 Å². The molecule has 16 heavy (non-hydrogen) atoms. The fourth-order valence-electron chi connectivity index (χ4n) is 2.46. The summed E-state index contributed by atoms with van der Waals surface area (Å²) < 4.78 is 5.41. The van der Waals surface area contributed by atoms with E-state index in [2.05, 4.69) is 13.8 Å². The summed E-state index contributed by atoms with van der Waals surface area (Å²) in [4.78, 5) is 0. The van der Waals surface area contributed by atoms with Gasteiger partial charge in [-0.1, -0.05) is 19.9 Å². The molecule has 1 N–H and O–H groups in total. The Morgan fingerprint density at radius 2 is 2.00 bits per heavy atom. The average molecular weight is 218 g/mol. The van der Waals surface area contributed by atoms with Crippen LogP contribution in [0.15, 0.2) is 18.2 Å². The standard InChI is InChI=1S/C14H18O2/c1-8(2)13-12(16-4)6-5-10-11(15)7-9(3)14(10)13/h5-8,11,15H,1-4H3. The third-order valence-corrected chi connectivity index (χ3v) is 3.16. The minimum absolute atomic E-state index is 0.388. The van der Waals surface area contributed by atoms with E-state index in [4.69, 9.17) is 4.74 Å². The lowest BCUT2D eigenvalue weighted by molar-refractivity contribution is 0.232. The molecule has 0 aromatic heterocycles. The smallest absolute Gasteiger partial charge is 0.122 e. The van der Waals surface area contributed by atoms with Crippen molar-refractivity contribution in [3.05, 3.63) is 34.9 Å². The molecular weight excluding hydrogens is 200 g/mol. The van der Waals surface area contributed by atoms with Gasteiger partial charge in [0.1, 0.15) is 5.75 Å². The molecule has 0 saturated carbocycles. The number of hydrogen-bond donors (Lipinski definition) is 1. The van der Waals surface area contributed by atoms with Crippen LogP contribution in [0.3, 0.4) is 0 Å². The van der Waals surface area contributed by atoms with Gasteiger partial charge in [-0.05, 0) is 41.7 Å².